The molecule has 0 aromatic heterocycles. The molecule has 3 rings (SSSR count). The Morgan fingerprint density at radius 1 is 1.32 bits per heavy atom. The molecular weight excluding hydrogens is 240 g/mol. The molecule has 1 aliphatic heterocycles. The zero-order valence-electron chi connectivity index (χ0n) is 10.9. The van der Waals surface area contributed by atoms with Gasteiger partial charge in [0.15, 0.2) is 0 Å². The van der Waals surface area contributed by atoms with Gasteiger partial charge in [0.1, 0.15) is 0 Å². The smallest absolute Gasteiger partial charge is 0.317 e. The van der Waals surface area contributed by atoms with Crippen molar-refractivity contribution in [3.05, 3.63) is 35.4 Å². The molecule has 2 amide bonds. The highest BCUT2D eigenvalue weighted by Crippen LogP contribution is 2.29. The number of fused-ring (bicyclic) bond motifs is 1. The Bertz CT molecular complexity index is 470. The molecule has 102 valence electrons. The summed E-state index contributed by atoms with van der Waals surface area (Å²) in [5.74, 6) is 0. The highest BCUT2D eigenvalue weighted by molar-refractivity contribution is 5.75. The van der Waals surface area contributed by atoms with Crippen molar-refractivity contribution in [1.82, 2.24) is 15.5 Å². The second-order valence-corrected chi connectivity index (χ2v) is 5.22. The topological polar surface area (TPSA) is 70.4 Å². The van der Waals surface area contributed by atoms with Crippen LogP contribution in [-0.4, -0.2) is 43.2 Å². The van der Waals surface area contributed by atoms with Crippen molar-refractivity contribution in [3.63, 3.8) is 0 Å². The predicted molar refractivity (Wildman–Crippen MR) is 73.8 cm³/mol. The molecule has 19 heavy (non-hydrogen) atoms. The first-order chi connectivity index (χ1) is 9.25. The normalized spacial score (nSPS) is 26.1. The molecule has 4 N–H and O–H groups in total. The molecule has 0 radical (unpaired) electrons. The summed E-state index contributed by atoms with van der Waals surface area (Å²) >= 11 is 0. The Balaban J connectivity index is 1.64. The maximum absolute atomic E-state index is 12.2. The lowest BCUT2D eigenvalue weighted by Gasteiger charge is -2.29. The fraction of sp³-hybridized carbons (Fsp3) is 0.500. The Labute approximate surface area is 113 Å². The first kappa shape index (κ1) is 12.4. The summed E-state index contributed by atoms with van der Waals surface area (Å²) < 4.78 is 0. The van der Waals surface area contributed by atoms with E-state index in [1.54, 1.807) is 0 Å². The number of hydrogen-bond acceptors (Lipinski definition) is 3. The minimum atomic E-state index is -0.0944. The number of nitrogens with one attached hydrogen (secondary N) is 2. The van der Waals surface area contributed by atoms with Gasteiger partial charge in [-0.3, -0.25) is 0 Å². The van der Waals surface area contributed by atoms with Gasteiger partial charge in [0.25, 0.3) is 0 Å². The molecular formula is C14H20N4O. The molecule has 2 atom stereocenters. The molecule has 0 saturated carbocycles. The number of rotatable bonds is 1. The number of carbonyl (C=O) groups excluding carboxylic acids is 1. The van der Waals surface area contributed by atoms with Crippen LogP contribution < -0.4 is 16.4 Å². The van der Waals surface area contributed by atoms with Gasteiger partial charge in [-0.25, -0.2) is 4.79 Å². The molecule has 1 aromatic carbocycles. The van der Waals surface area contributed by atoms with Crippen molar-refractivity contribution in [1.29, 1.82) is 0 Å². The number of urea groups is 1. The van der Waals surface area contributed by atoms with Crippen molar-refractivity contribution in [2.45, 2.75) is 18.5 Å². The first-order valence-electron chi connectivity index (χ1n) is 6.85. The van der Waals surface area contributed by atoms with Crippen LogP contribution in [-0.2, 0) is 6.42 Å². The van der Waals surface area contributed by atoms with Crippen LogP contribution in [0.25, 0.3) is 0 Å². The van der Waals surface area contributed by atoms with Gasteiger partial charge in [0.2, 0.25) is 0 Å². The third kappa shape index (κ3) is 2.43. The average molecular weight is 260 g/mol. The average Bonchev–Trinajstić information content (AvgIpc) is 2.77. The summed E-state index contributed by atoms with van der Waals surface area (Å²) in [7, 11) is 0. The van der Waals surface area contributed by atoms with E-state index < -0.39 is 0 Å². The van der Waals surface area contributed by atoms with Crippen LogP contribution in [0, 0.1) is 0 Å². The fourth-order valence-corrected chi connectivity index (χ4v) is 2.88. The predicted octanol–water partition coefficient (Wildman–Crippen LogP) is 0.226. The zero-order valence-corrected chi connectivity index (χ0v) is 10.9. The largest absolute Gasteiger partial charge is 0.333 e. The SMILES string of the molecule is N[C@@H]1c2ccccc2C[C@H]1NC(=O)N1CCNCC1. The maximum Gasteiger partial charge on any atom is 0.317 e. The second-order valence-electron chi connectivity index (χ2n) is 5.22. The number of amides is 2. The Morgan fingerprint density at radius 3 is 2.79 bits per heavy atom. The fourth-order valence-electron chi connectivity index (χ4n) is 2.88. The summed E-state index contributed by atoms with van der Waals surface area (Å²) in [6.45, 7) is 3.26. The van der Waals surface area contributed by atoms with Gasteiger partial charge >= 0.3 is 6.03 Å². The van der Waals surface area contributed by atoms with Crippen LogP contribution >= 0.6 is 0 Å². The number of nitrogens with two attached hydrogens (primary N) is 1. The van der Waals surface area contributed by atoms with Crippen molar-refractivity contribution in [2.24, 2.45) is 5.73 Å². The van der Waals surface area contributed by atoms with E-state index in [-0.39, 0.29) is 18.1 Å². The van der Waals surface area contributed by atoms with Crippen molar-refractivity contribution in [3.8, 4) is 0 Å². The van der Waals surface area contributed by atoms with E-state index in [9.17, 15) is 4.79 Å². The van der Waals surface area contributed by atoms with Crippen LogP contribution in [0.2, 0.25) is 0 Å². The van der Waals surface area contributed by atoms with E-state index in [0.717, 1.165) is 38.2 Å². The summed E-state index contributed by atoms with van der Waals surface area (Å²) in [5, 5.41) is 6.32. The monoisotopic (exact) mass is 260 g/mol. The Morgan fingerprint density at radius 2 is 2.05 bits per heavy atom. The molecule has 5 heteroatoms. The minimum absolute atomic E-state index is 0.00903. The lowest BCUT2D eigenvalue weighted by Crippen LogP contribution is -2.53. The molecule has 1 aromatic rings. The molecule has 1 heterocycles. The standard InChI is InChI=1S/C14H20N4O/c15-13-11-4-2-1-3-10(11)9-12(13)17-14(19)18-7-5-16-6-8-18/h1-4,12-13,16H,5-9,15H2,(H,17,19)/t12-,13-/m1/s1. The molecule has 0 unspecified atom stereocenters. The molecule has 5 nitrogen and oxygen atoms in total. The van der Waals surface area contributed by atoms with Gasteiger partial charge in [0, 0.05) is 26.2 Å². The maximum atomic E-state index is 12.2. The van der Waals surface area contributed by atoms with E-state index in [1.165, 1.54) is 5.56 Å². The van der Waals surface area contributed by atoms with Gasteiger partial charge in [-0.15, -0.1) is 0 Å². The quantitative estimate of drug-likeness (QED) is 0.677. The molecule has 1 fully saturated rings. The van der Waals surface area contributed by atoms with Crippen LogP contribution in [0.4, 0.5) is 4.79 Å². The number of carbonyl (C=O) groups is 1. The van der Waals surface area contributed by atoms with E-state index in [4.69, 9.17) is 5.73 Å². The molecule has 0 spiro atoms. The summed E-state index contributed by atoms with van der Waals surface area (Å²) in [6, 6.07) is 8.09. The number of nitrogens with zero attached hydrogens (tertiary/aromatic N) is 1. The molecule has 1 aliphatic carbocycles. The first-order valence-corrected chi connectivity index (χ1v) is 6.85. The van der Waals surface area contributed by atoms with Gasteiger partial charge in [-0.05, 0) is 17.5 Å². The van der Waals surface area contributed by atoms with E-state index in [0.29, 0.717) is 0 Å². The van der Waals surface area contributed by atoms with Crippen LogP contribution in [0.5, 0.6) is 0 Å². The highest BCUT2D eigenvalue weighted by Gasteiger charge is 2.31. The Kier molecular flexibility index (Phi) is 3.40. The van der Waals surface area contributed by atoms with E-state index in [1.807, 2.05) is 17.0 Å². The Hall–Kier alpha value is -1.59. The minimum Gasteiger partial charge on any atom is -0.333 e. The summed E-state index contributed by atoms with van der Waals surface area (Å²) in [6.07, 6.45) is 0.829. The molecule has 2 aliphatic rings. The van der Waals surface area contributed by atoms with E-state index >= 15 is 0 Å². The lowest BCUT2D eigenvalue weighted by molar-refractivity contribution is 0.185. The van der Waals surface area contributed by atoms with Gasteiger partial charge in [0.05, 0.1) is 12.1 Å². The zero-order chi connectivity index (χ0) is 13.2. The van der Waals surface area contributed by atoms with Gasteiger partial charge in [-0.2, -0.15) is 0 Å². The summed E-state index contributed by atoms with van der Waals surface area (Å²) in [4.78, 5) is 14.0. The van der Waals surface area contributed by atoms with E-state index in [2.05, 4.69) is 22.8 Å². The number of hydrogen-bond donors (Lipinski definition) is 3. The van der Waals surface area contributed by atoms with Crippen LogP contribution in [0.1, 0.15) is 17.2 Å². The molecule has 1 saturated heterocycles. The third-order valence-corrected chi connectivity index (χ3v) is 4.00. The highest BCUT2D eigenvalue weighted by atomic mass is 16.2. The van der Waals surface area contributed by atoms with Gasteiger partial charge < -0.3 is 21.3 Å². The molecule has 0 bridgehead atoms. The van der Waals surface area contributed by atoms with Crippen molar-refractivity contribution < 1.29 is 4.79 Å². The summed E-state index contributed by atoms with van der Waals surface area (Å²) in [5.41, 5.74) is 8.63. The third-order valence-electron chi connectivity index (χ3n) is 4.00. The van der Waals surface area contributed by atoms with Crippen molar-refractivity contribution in [2.75, 3.05) is 26.2 Å². The number of piperazine rings is 1. The van der Waals surface area contributed by atoms with Crippen LogP contribution in [0.3, 0.4) is 0 Å². The van der Waals surface area contributed by atoms with Crippen LogP contribution in [0.15, 0.2) is 24.3 Å². The van der Waals surface area contributed by atoms with Gasteiger partial charge in [-0.1, -0.05) is 24.3 Å². The second kappa shape index (κ2) is 5.19. The number of benzene rings is 1. The lowest BCUT2D eigenvalue weighted by atomic mass is 10.1. The van der Waals surface area contributed by atoms with Crippen molar-refractivity contribution >= 4 is 6.03 Å².